The normalized spacial score (nSPS) is 16.2. The van der Waals surface area contributed by atoms with E-state index < -0.39 is 9.84 Å². The van der Waals surface area contributed by atoms with Gasteiger partial charge in [-0.15, -0.1) is 0 Å². The van der Waals surface area contributed by atoms with E-state index in [2.05, 4.69) is 10.3 Å². The van der Waals surface area contributed by atoms with Crippen LogP contribution in [0.25, 0.3) is 10.8 Å². The molecule has 27 heavy (non-hydrogen) atoms. The topological polar surface area (TPSA) is 79.4 Å². The van der Waals surface area contributed by atoms with Crippen molar-refractivity contribution in [3.63, 3.8) is 0 Å². The van der Waals surface area contributed by atoms with Crippen LogP contribution in [-0.4, -0.2) is 43.9 Å². The molecule has 138 valence electrons. The zero-order valence-electron chi connectivity index (χ0n) is 14.6. The predicted octanol–water partition coefficient (Wildman–Crippen LogP) is 2.72. The molecule has 0 bridgehead atoms. The average Bonchev–Trinajstić information content (AvgIpc) is 2.67. The highest BCUT2D eigenvalue weighted by Gasteiger charge is 2.22. The van der Waals surface area contributed by atoms with Crippen molar-refractivity contribution in [2.45, 2.75) is 0 Å². The van der Waals surface area contributed by atoms with Crippen LogP contribution < -0.4 is 10.2 Å². The lowest BCUT2D eigenvalue weighted by Crippen LogP contribution is -2.40. The molecule has 1 amide bonds. The average molecular weight is 381 g/mol. The Hall–Kier alpha value is -2.93. The molecule has 0 aliphatic carbocycles. The fraction of sp³-hybridized carbons (Fsp3) is 0.200. The summed E-state index contributed by atoms with van der Waals surface area (Å²) in [5.74, 6) is 0.0395. The van der Waals surface area contributed by atoms with E-state index >= 15 is 0 Å². The maximum absolute atomic E-state index is 12.7. The number of carbonyl (C=O) groups excluding carboxylic acids is 1. The molecular formula is C20H19N3O3S. The fourth-order valence-electron chi connectivity index (χ4n) is 3.24. The number of aromatic nitrogens is 1. The Labute approximate surface area is 157 Å². The van der Waals surface area contributed by atoms with Gasteiger partial charge in [0.2, 0.25) is 0 Å². The van der Waals surface area contributed by atoms with E-state index in [1.165, 1.54) is 0 Å². The van der Waals surface area contributed by atoms with Crippen LogP contribution in [0.2, 0.25) is 0 Å². The lowest BCUT2D eigenvalue weighted by molar-refractivity contribution is 0.102. The summed E-state index contributed by atoms with van der Waals surface area (Å²) >= 11 is 0. The van der Waals surface area contributed by atoms with Gasteiger partial charge >= 0.3 is 0 Å². The standard InChI is InChI=1S/C20H19N3O3S/c24-20(19-18-7-2-1-4-15(18)8-9-21-19)22-16-5-3-6-17(14-16)23-10-12-27(25,26)13-11-23/h1-9,14H,10-13H2,(H,22,24). The molecule has 7 heteroatoms. The number of rotatable bonds is 3. The van der Waals surface area contributed by atoms with Gasteiger partial charge < -0.3 is 10.2 Å². The SMILES string of the molecule is O=C(Nc1cccc(N2CCS(=O)(=O)CC2)c1)c1nccc2ccccc12. The zero-order valence-corrected chi connectivity index (χ0v) is 15.4. The molecule has 6 nitrogen and oxygen atoms in total. The number of fused-ring (bicyclic) bond motifs is 1. The second-order valence-corrected chi connectivity index (χ2v) is 8.83. The Bertz CT molecular complexity index is 1090. The lowest BCUT2D eigenvalue weighted by atomic mass is 10.1. The Morgan fingerprint density at radius 1 is 1.00 bits per heavy atom. The molecule has 0 atom stereocenters. The number of nitrogens with zero attached hydrogens (tertiary/aromatic N) is 2. The molecule has 0 radical (unpaired) electrons. The summed E-state index contributed by atoms with van der Waals surface area (Å²) in [5, 5.41) is 4.66. The van der Waals surface area contributed by atoms with E-state index in [1.54, 1.807) is 6.20 Å². The molecule has 1 fully saturated rings. The minimum Gasteiger partial charge on any atom is -0.369 e. The Kier molecular flexibility index (Phi) is 4.53. The molecule has 4 rings (SSSR count). The first-order chi connectivity index (χ1) is 13.0. The number of pyridine rings is 1. The molecular weight excluding hydrogens is 362 g/mol. The van der Waals surface area contributed by atoms with Crippen LogP contribution in [0, 0.1) is 0 Å². The van der Waals surface area contributed by atoms with E-state index in [1.807, 2.05) is 59.5 Å². The predicted molar refractivity (Wildman–Crippen MR) is 107 cm³/mol. The van der Waals surface area contributed by atoms with Crippen molar-refractivity contribution in [1.29, 1.82) is 0 Å². The number of hydrogen-bond acceptors (Lipinski definition) is 5. The smallest absolute Gasteiger partial charge is 0.274 e. The number of carbonyl (C=O) groups is 1. The van der Waals surface area contributed by atoms with Gasteiger partial charge in [-0.1, -0.05) is 30.3 Å². The molecule has 2 heterocycles. The van der Waals surface area contributed by atoms with Gasteiger partial charge in [0.25, 0.3) is 5.91 Å². The van der Waals surface area contributed by atoms with Gasteiger partial charge in [-0.2, -0.15) is 0 Å². The second-order valence-electron chi connectivity index (χ2n) is 6.52. The molecule has 3 aromatic rings. The van der Waals surface area contributed by atoms with Gasteiger partial charge in [0.05, 0.1) is 11.5 Å². The number of sulfone groups is 1. The van der Waals surface area contributed by atoms with Crippen molar-refractivity contribution < 1.29 is 13.2 Å². The molecule has 1 aromatic heterocycles. The summed E-state index contributed by atoms with van der Waals surface area (Å²) in [7, 11) is -2.93. The van der Waals surface area contributed by atoms with Gasteiger partial charge in [-0.3, -0.25) is 9.78 Å². The van der Waals surface area contributed by atoms with Crippen molar-refractivity contribution in [3.05, 3.63) is 66.5 Å². The van der Waals surface area contributed by atoms with Crippen molar-refractivity contribution in [2.75, 3.05) is 34.8 Å². The summed E-state index contributed by atoms with van der Waals surface area (Å²) in [5.41, 5.74) is 1.93. The molecule has 1 N–H and O–H groups in total. The molecule has 1 aliphatic rings. The van der Waals surface area contributed by atoms with E-state index in [9.17, 15) is 13.2 Å². The van der Waals surface area contributed by atoms with E-state index in [4.69, 9.17) is 0 Å². The Morgan fingerprint density at radius 2 is 1.78 bits per heavy atom. The van der Waals surface area contributed by atoms with Gasteiger partial charge in [0.1, 0.15) is 5.69 Å². The van der Waals surface area contributed by atoms with Gasteiger partial charge in [-0.05, 0) is 29.7 Å². The molecule has 0 saturated carbocycles. The number of anilines is 2. The number of nitrogens with one attached hydrogen (secondary N) is 1. The molecule has 1 aliphatic heterocycles. The highest BCUT2D eigenvalue weighted by molar-refractivity contribution is 7.91. The van der Waals surface area contributed by atoms with Crippen LogP contribution in [0.5, 0.6) is 0 Å². The molecule has 0 unspecified atom stereocenters. The van der Waals surface area contributed by atoms with Crippen LogP contribution in [0.3, 0.4) is 0 Å². The largest absolute Gasteiger partial charge is 0.369 e. The summed E-state index contributed by atoms with van der Waals surface area (Å²) in [6.45, 7) is 0.926. The van der Waals surface area contributed by atoms with Crippen molar-refractivity contribution in [2.24, 2.45) is 0 Å². The van der Waals surface area contributed by atoms with Gasteiger partial charge in [0, 0.05) is 36.0 Å². The van der Waals surface area contributed by atoms with Crippen LogP contribution >= 0.6 is 0 Å². The highest BCUT2D eigenvalue weighted by Crippen LogP contribution is 2.23. The zero-order chi connectivity index (χ0) is 18.9. The van der Waals surface area contributed by atoms with Crippen LogP contribution in [-0.2, 0) is 9.84 Å². The quantitative estimate of drug-likeness (QED) is 0.755. The molecule has 0 spiro atoms. The summed E-state index contributed by atoms with van der Waals surface area (Å²) < 4.78 is 23.2. The molecule has 1 saturated heterocycles. The third kappa shape index (κ3) is 3.78. The highest BCUT2D eigenvalue weighted by atomic mass is 32.2. The van der Waals surface area contributed by atoms with Gasteiger partial charge in [-0.25, -0.2) is 8.42 Å². The van der Waals surface area contributed by atoms with Crippen molar-refractivity contribution >= 4 is 37.9 Å². The van der Waals surface area contributed by atoms with Crippen LogP contribution in [0.15, 0.2) is 60.8 Å². The monoisotopic (exact) mass is 381 g/mol. The third-order valence-corrected chi connectivity index (χ3v) is 6.31. The lowest BCUT2D eigenvalue weighted by Gasteiger charge is -2.29. The number of benzene rings is 2. The second kappa shape index (κ2) is 7.00. The van der Waals surface area contributed by atoms with Gasteiger partial charge in [0.15, 0.2) is 9.84 Å². The summed E-state index contributed by atoms with van der Waals surface area (Å²) in [4.78, 5) is 19.0. The van der Waals surface area contributed by atoms with E-state index in [0.717, 1.165) is 16.5 Å². The maximum Gasteiger partial charge on any atom is 0.274 e. The minimum absolute atomic E-state index is 0.156. The van der Waals surface area contributed by atoms with Crippen LogP contribution in [0.4, 0.5) is 11.4 Å². The third-order valence-electron chi connectivity index (χ3n) is 4.70. The summed E-state index contributed by atoms with van der Waals surface area (Å²) in [6, 6.07) is 16.9. The first kappa shape index (κ1) is 17.5. The van der Waals surface area contributed by atoms with E-state index in [0.29, 0.717) is 24.5 Å². The van der Waals surface area contributed by atoms with Crippen molar-refractivity contribution in [1.82, 2.24) is 4.98 Å². The maximum atomic E-state index is 12.7. The molecule has 2 aromatic carbocycles. The fourth-order valence-corrected chi connectivity index (χ4v) is 4.44. The Morgan fingerprint density at radius 3 is 2.59 bits per heavy atom. The minimum atomic E-state index is -2.93. The van der Waals surface area contributed by atoms with Crippen LogP contribution in [0.1, 0.15) is 10.5 Å². The summed E-state index contributed by atoms with van der Waals surface area (Å²) in [6.07, 6.45) is 1.63. The number of amides is 1. The first-order valence-electron chi connectivity index (χ1n) is 8.72. The van der Waals surface area contributed by atoms with Crippen molar-refractivity contribution in [3.8, 4) is 0 Å². The Balaban J connectivity index is 1.55. The van der Waals surface area contributed by atoms with E-state index in [-0.39, 0.29) is 17.4 Å². The number of hydrogen-bond donors (Lipinski definition) is 1. The first-order valence-corrected chi connectivity index (χ1v) is 10.5.